The number of aliphatic hydroxyl groups excluding tert-OH is 1. The Hall–Kier alpha value is -3.38. The molecule has 0 aliphatic heterocycles. The number of ether oxygens (including phenoxy) is 4. The van der Waals surface area contributed by atoms with E-state index < -0.39 is 28.9 Å². The van der Waals surface area contributed by atoms with Crippen LogP contribution >= 0.6 is 11.6 Å². The summed E-state index contributed by atoms with van der Waals surface area (Å²) >= 11 is 5.66. The zero-order valence-corrected chi connectivity index (χ0v) is 21.1. The molecule has 3 aliphatic carbocycles. The van der Waals surface area contributed by atoms with Gasteiger partial charge in [0, 0.05) is 11.6 Å². The largest absolute Gasteiger partial charge is 0.484 e. The average Bonchev–Trinajstić information content (AvgIpc) is 2.89. The molecule has 0 spiro atoms. The van der Waals surface area contributed by atoms with Crippen molar-refractivity contribution in [3.05, 3.63) is 35.1 Å². The van der Waals surface area contributed by atoms with Crippen LogP contribution in [0, 0.1) is 5.82 Å². The van der Waals surface area contributed by atoms with Crippen LogP contribution in [0.2, 0.25) is 5.02 Å². The standard InChI is InChI=1S/C24H28ClFN4O7/c1-34-20-10-21(35-2)28-22(27-20)37-13-19(33)30-24-7-5-23(6-8-24,11-17(24)31)29-18(32)12-36-14-3-4-15(25)16(26)9-14/h3-4,9-10,17,31H,5-8,11-13H2,1-2H3,(H,29,32)(H,30,33)/t17-,23?,24?/m1/s1. The number of hydrogen-bond donors (Lipinski definition) is 3. The summed E-state index contributed by atoms with van der Waals surface area (Å²) in [5.41, 5.74) is -1.43. The highest BCUT2D eigenvalue weighted by Crippen LogP contribution is 2.47. The minimum absolute atomic E-state index is 0.0370. The first-order valence-electron chi connectivity index (χ1n) is 11.6. The van der Waals surface area contributed by atoms with Gasteiger partial charge in [-0.2, -0.15) is 9.97 Å². The molecule has 13 heteroatoms. The first-order chi connectivity index (χ1) is 17.7. The Labute approximate surface area is 217 Å². The average molecular weight is 539 g/mol. The first-order valence-corrected chi connectivity index (χ1v) is 12.0. The van der Waals surface area contributed by atoms with Gasteiger partial charge in [0.25, 0.3) is 11.8 Å². The molecular formula is C24H28ClFN4O7. The Morgan fingerprint density at radius 2 is 1.65 bits per heavy atom. The molecule has 3 N–H and O–H groups in total. The van der Waals surface area contributed by atoms with Crippen LogP contribution in [0.15, 0.2) is 24.3 Å². The molecule has 3 aliphatic rings. The molecule has 1 heterocycles. The Kier molecular flexibility index (Phi) is 7.88. The van der Waals surface area contributed by atoms with Crippen molar-refractivity contribution in [2.24, 2.45) is 0 Å². The van der Waals surface area contributed by atoms with Crippen LogP contribution in [-0.4, -0.2) is 71.5 Å². The zero-order valence-electron chi connectivity index (χ0n) is 20.4. The summed E-state index contributed by atoms with van der Waals surface area (Å²) in [6.07, 6.45) is 1.44. The summed E-state index contributed by atoms with van der Waals surface area (Å²) < 4.78 is 34.5. The number of nitrogens with zero attached hydrogens (tertiary/aromatic N) is 2. The van der Waals surface area contributed by atoms with Crippen molar-refractivity contribution in [3.63, 3.8) is 0 Å². The fourth-order valence-electron chi connectivity index (χ4n) is 4.81. The fourth-order valence-corrected chi connectivity index (χ4v) is 4.93. The Morgan fingerprint density at radius 1 is 1.03 bits per heavy atom. The lowest BCUT2D eigenvalue weighted by atomic mass is 9.60. The third kappa shape index (κ3) is 6.13. The number of halogens is 2. The highest BCUT2D eigenvalue weighted by Gasteiger charge is 2.55. The third-order valence-electron chi connectivity index (χ3n) is 6.78. The first kappa shape index (κ1) is 26.7. The van der Waals surface area contributed by atoms with Gasteiger partial charge < -0.3 is 34.7 Å². The number of methoxy groups -OCH3 is 2. The Morgan fingerprint density at radius 3 is 2.24 bits per heavy atom. The lowest BCUT2D eigenvalue weighted by molar-refractivity contribution is -0.137. The van der Waals surface area contributed by atoms with Crippen molar-refractivity contribution in [3.8, 4) is 23.5 Å². The number of carbonyl (C=O) groups excluding carboxylic acids is 2. The van der Waals surface area contributed by atoms with Crippen LogP contribution in [0.25, 0.3) is 0 Å². The third-order valence-corrected chi connectivity index (χ3v) is 7.09. The molecule has 2 bridgehead atoms. The van der Waals surface area contributed by atoms with Crippen molar-refractivity contribution in [1.82, 2.24) is 20.6 Å². The molecule has 1 aromatic carbocycles. The van der Waals surface area contributed by atoms with Gasteiger partial charge in [0.15, 0.2) is 13.2 Å². The van der Waals surface area contributed by atoms with E-state index in [-0.39, 0.29) is 54.1 Å². The Balaban J connectivity index is 1.28. The second-order valence-electron chi connectivity index (χ2n) is 9.14. The van der Waals surface area contributed by atoms with Gasteiger partial charge >= 0.3 is 6.01 Å². The molecule has 0 radical (unpaired) electrons. The van der Waals surface area contributed by atoms with E-state index in [9.17, 15) is 19.1 Å². The molecule has 200 valence electrons. The maximum atomic E-state index is 13.6. The lowest BCUT2D eigenvalue weighted by Crippen LogP contribution is -2.70. The highest BCUT2D eigenvalue weighted by atomic mass is 35.5. The number of fused-ring (bicyclic) bond motifs is 3. The van der Waals surface area contributed by atoms with Crippen LogP contribution in [0.1, 0.15) is 32.1 Å². The van der Waals surface area contributed by atoms with Crippen molar-refractivity contribution in [2.45, 2.75) is 49.3 Å². The van der Waals surface area contributed by atoms with Gasteiger partial charge in [-0.1, -0.05) is 11.6 Å². The number of hydrogen-bond acceptors (Lipinski definition) is 9. The van der Waals surface area contributed by atoms with Crippen molar-refractivity contribution in [2.75, 3.05) is 27.4 Å². The van der Waals surface area contributed by atoms with Crippen molar-refractivity contribution >= 4 is 23.4 Å². The summed E-state index contributed by atoms with van der Waals surface area (Å²) in [6.45, 7) is -0.676. The predicted molar refractivity (Wildman–Crippen MR) is 128 cm³/mol. The monoisotopic (exact) mass is 538 g/mol. The maximum absolute atomic E-state index is 13.6. The summed E-state index contributed by atoms with van der Waals surface area (Å²) in [5, 5.41) is 16.7. The number of benzene rings is 1. The molecule has 11 nitrogen and oxygen atoms in total. The van der Waals surface area contributed by atoms with E-state index in [1.54, 1.807) is 0 Å². The second-order valence-corrected chi connectivity index (χ2v) is 9.55. The molecule has 37 heavy (non-hydrogen) atoms. The van der Waals surface area contributed by atoms with Gasteiger partial charge in [-0.15, -0.1) is 0 Å². The van der Waals surface area contributed by atoms with Crippen LogP contribution in [-0.2, 0) is 9.59 Å². The molecule has 2 amide bonds. The van der Waals surface area contributed by atoms with E-state index in [2.05, 4.69) is 20.6 Å². The number of rotatable bonds is 10. The van der Waals surface area contributed by atoms with Gasteiger partial charge in [-0.05, 0) is 44.2 Å². The molecule has 1 atom stereocenters. The van der Waals surface area contributed by atoms with Crippen LogP contribution in [0.4, 0.5) is 4.39 Å². The van der Waals surface area contributed by atoms with Gasteiger partial charge in [-0.3, -0.25) is 9.59 Å². The molecular weight excluding hydrogens is 511 g/mol. The van der Waals surface area contributed by atoms with E-state index in [0.29, 0.717) is 25.7 Å². The molecule has 3 fully saturated rings. The molecule has 3 saturated carbocycles. The Bertz CT molecular complexity index is 1140. The predicted octanol–water partition coefficient (Wildman–Crippen LogP) is 1.79. The van der Waals surface area contributed by atoms with Gasteiger partial charge in [0.1, 0.15) is 11.6 Å². The summed E-state index contributed by atoms with van der Waals surface area (Å²) in [6, 6.07) is 5.32. The van der Waals surface area contributed by atoms with E-state index in [4.69, 9.17) is 30.5 Å². The smallest absolute Gasteiger partial charge is 0.323 e. The maximum Gasteiger partial charge on any atom is 0.323 e. The topological polar surface area (TPSA) is 141 Å². The molecule has 1 aromatic heterocycles. The van der Waals surface area contributed by atoms with Gasteiger partial charge in [0.2, 0.25) is 11.8 Å². The molecule has 5 rings (SSSR count). The molecule has 0 saturated heterocycles. The second kappa shape index (κ2) is 10.9. The number of aliphatic hydroxyl groups is 1. The van der Waals surface area contributed by atoms with Gasteiger partial charge in [0.05, 0.1) is 37.0 Å². The van der Waals surface area contributed by atoms with Crippen LogP contribution in [0.5, 0.6) is 23.5 Å². The minimum atomic E-state index is -0.876. The SMILES string of the molecule is COc1cc(OC)nc(OCC(=O)NC23CCC(NC(=O)COc4ccc(Cl)c(F)c4)(CC2)C[C@H]3O)n1. The van der Waals surface area contributed by atoms with E-state index >= 15 is 0 Å². The van der Waals surface area contributed by atoms with Crippen molar-refractivity contribution in [1.29, 1.82) is 0 Å². The van der Waals surface area contributed by atoms with E-state index in [0.717, 1.165) is 6.07 Å². The summed E-state index contributed by atoms with van der Waals surface area (Å²) in [4.78, 5) is 33.2. The lowest BCUT2D eigenvalue weighted by Gasteiger charge is -2.56. The molecule has 2 aromatic rings. The molecule has 0 unspecified atom stereocenters. The number of nitrogens with one attached hydrogen (secondary N) is 2. The quantitative estimate of drug-likeness (QED) is 0.413. The van der Waals surface area contributed by atoms with E-state index in [1.165, 1.54) is 32.4 Å². The summed E-state index contributed by atoms with van der Waals surface area (Å²) in [7, 11) is 2.86. The minimum Gasteiger partial charge on any atom is -0.484 e. The van der Waals surface area contributed by atoms with Gasteiger partial charge in [-0.25, -0.2) is 4.39 Å². The number of amides is 2. The van der Waals surface area contributed by atoms with E-state index in [1.807, 2.05) is 0 Å². The summed E-state index contributed by atoms with van der Waals surface area (Å²) in [5.74, 6) is -0.835. The number of carbonyl (C=O) groups is 2. The van der Waals surface area contributed by atoms with Crippen LogP contribution < -0.4 is 29.6 Å². The number of aromatic nitrogens is 2. The highest BCUT2D eigenvalue weighted by molar-refractivity contribution is 6.30. The van der Waals surface area contributed by atoms with Crippen LogP contribution in [0.3, 0.4) is 0 Å². The fraction of sp³-hybridized carbons (Fsp3) is 0.500. The zero-order chi connectivity index (χ0) is 26.6. The van der Waals surface area contributed by atoms with Crippen molar-refractivity contribution < 1.29 is 38.0 Å². The normalized spacial score (nSPS) is 24.2.